The van der Waals surface area contributed by atoms with Gasteiger partial charge in [0.1, 0.15) is 0 Å². The van der Waals surface area contributed by atoms with Gasteiger partial charge in [-0.05, 0) is 48.4 Å². The number of piperazine rings is 1. The average Bonchev–Trinajstić information content (AvgIpc) is 2.69. The minimum absolute atomic E-state index is 0.0618. The summed E-state index contributed by atoms with van der Waals surface area (Å²) in [5, 5.41) is 3.41. The van der Waals surface area contributed by atoms with Gasteiger partial charge in [0.2, 0.25) is 10.0 Å². The number of aryl methyl sites for hydroxylation is 1. The molecule has 6 nitrogen and oxygen atoms in total. The van der Waals surface area contributed by atoms with Gasteiger partial charge in [0.05, 0.1) is 31.1 Å². The van der Waals surface area contributed by atoms with Crippen molar-refractivity contribution in [3.63, 3.8) is 0 Å². The van der Waals surface area contributed by atoms with Crippen molar-refractivity contribution in [3.05, 3.63) is 59.1 Å². The van der Waals surface area contributed by atoms with Gasteiger partial charge in [0, 0.05) is 10.7 Å². The lowest BCUT2D eigenvalue weighted by atomic mass is 10.1. The highest BCUT2D eigenvalue weighted by Crippen LogP contribution is 2.18. The Hall–Kier alpha value is -1.93. The van der Waals surface area contributed by atoms with Gasteiger partial charge >= 0.3 is 0 Å². The van der Waals surface area contributed by atoms with Crippen molar-refractivity contribution in [2.24, 2.45) is 0 Å². The fourth-order valence-corrected chi connectivity index (χ4v) is 4.80. The highest BCUT2D eigenvalue weighted by Gasteiger charge is 2.31. The Bertz CT molecular complexity index is 907. The number of carbonyl (C=O) groups excluding carboxylic acids is 1. The summed E-state index contributed by atoms with van der Waals surface area (Å²) in [5.41, 5.74) is 2.01. The van der Waals surface area contributed by atoms with Crippen molar-refractivity contribution in [1.29, 1.82) is 0 Å². The quantitative estimate of drug-likeness (QED) is 0.739. The number of amides is 1. The first kappa shape index (κ1) is 20.8. The number of hydrogen-bond acceptors (Lipinski definition) is 3. The second-order valence-electron chi connectivity index (χ2n) is 6.88. The van der Waals surface area contributed by atoms with Gasteiger partial charge in [-0.25, -0.2) is 8.42 Å². The summed E-state index contributed by atoms with van der Waals surface area (Å²) < 4.78 is 26.9. The maximum atomic E-state index is 12.7. The molecule has 1 aliphatic rings. The van der Waals surface area contributed by atoms with Crippen LogP contribution in [0.25, 0.3) is 0 Å². The van der Waals surface area contributed by atoms with E-state index < -0.39 is 10.0 Å². The molecule has 28 heavy (non-hydrogen) atoms. The predicted octanol–water partition coefficient (Wildman–Crippen LogP) is 1.43. The minimum Gasteiger partial charge on any atom is -0.325 e. The molecule has 3 rings (SSSR count). The topological polar surface area (TPSA) is 70.9 Å². The molecule has 1 fully saturated rings. The lowest BCUT2D eigenvalue weighted by molar-refractivity contribution is -0.895. The van der Waals surface area contributed by atoms with Crippen molar-refractivity contribution >= 4 is 33.2 Å². The van der Waals surface area contributed by atoms with Crippen molar-refractivity contribution in [2.45, 2.75) is 18.2 Å². The van der Waals surface area contributed by atoms with Crippen LogP contribution in [0.1, 0.15) is 12.5 Å². The van der Waals surface area contributed by atoms with E-state index in [0.717, 1.165) is 17.0 Å². The van der Waals surface area contributed by atoms with Crippen LogP contribution >= 0.6 is 11.6 Å². The molecule has 0 saturated carbocycles. The van der Waals surface area contributed by atoms with E-state index >= 15 is 0 Å². The molecule has 1 heterocycles. The summed E-state index contributed by atoms with van der Waals surface area (Å²) in [6.45, 7) is 4.37. The molecule has 2 aromatic carbocycles. The van der Waals surface area contributed by atoms with E-state index in [1.807, 2.05) is 24.3 Å². The van der Waals surface area contributed by atoms with Gasteiger partial charge in [-0.15, -0.1) is 0 Å². The first-order chi connectivity index (χ1) is 13.4. The highest BCUT2D eigenvalue weighted by atomic mass is 35.5. The monoisotopic (exact) mass is 422 g/mol. The third-order valence-electron chi connectivity index (χ3n) is 4.94. The normalized spacial score (nSPS) is 16.1. The predicted molar refractivity (Wildman–Crippen MR) is 110 cm³/mol. The largest absolute Gasteiger partial charge is 0.325 e. The van der Waals surface area contributed by atoms with Crippen LogP contribution in [0, 0.1) is 0 Å². The number of benzene rings is 2. The van der Waals surface area contributed by atoms with E-state index in [1.54, 1.807) is 12.1 Å². The number of halogens is 1. The first-order valence-corrected chi connectivity index (χ1v) is 11.2. The second kappa shape index (κ2) is 9.05. The molecule has 1 saturated heterocycles. The van der Waals surface area contributed by atoms with Gasteiger partial charge < -0.3 is 10.2 Å². The summed E-state index contributed by atoms with van der Waals surface area (Å²) in [7, 11) is -3.53. The van der Waals surface area contributed by atoms with E-state index in [-0.39, 0.29) is 10.8 Å². The summed E-state index contributed by atoms with van der Waals surface area (Å²) >= 11 is 5.84. The number of sulfonamides is 1. The molecule has 2 N–H and O–H groups in total. The van der Waals surface area contributed by atoms with Crippen LogP contribution in [0.5, 0.6) is 0 Å². The van der Waals surface area contributed by atoms with Crippen molar-refractivity contribution in [2.75, 3.05) is 38.0 Å². The number of quaternary nitrogens is 1. The maximum absolute atomic E-state index is 12.7. The van der Waals surface area contributed by atoms with Crippen LogP contribution in [0.4, 0.5) is 5.69 Å². The zero-order valence-electron chi connectivity index (χ0n) is 15.8. The fourth-order valence-electron chi connectivity index (χ4n) is 3.23. The van der Waals surface area contributed by atoms with Crippen LogP contribution in [-0.4, -0.2) is 51.4 Å². The van der Waals surface area contributed by atoms with Crippen LogP contribution in [0.2, 0.25) is 5.02 Å². The number of anilines is 1. The Morgan fingerprint density at radius 2 is 1.68 bits per heavy atom. The number of carbonyl (C=O) groups is 1. The van der Waals surface area contributed by atoms with E-state index in [2.05, 4.69) is 12.2 Å². The summed E-state index contributed by atoms with van der Waals surface area (Å²) in [4.78, 5) is 13.6. The first-order valence-electron chi connectivity index (χ1n) is 9.36. The molecule has 0 spiro atoms. The smallest absolute Gasteiger partial charge is 0.279 e. The highest BCUT2D eigenvalue weighted by molar-refractivity contribution is 7.89. The summed E-state index contributed by atoms with van der Waals surface area (Å²) in [5.74, 6) is -0.0618. The van der Waals surface area contributed by atoms with Crippen molar-refractivity contribution in [1.82, 2.24) is 4.31 Å². The molecule has 0 atom stereocenters. The Morgan fingerprint density at radius 1 is 1.07 bits per heavy atom. The molecular formula is C20H25ClN3O3S+. The van der Waals surface area contributed by atoms with Crippen molar-refractivity contribution < 1.29 is 18.1 Å². The third kappa shape index (κ3) is 5.11. The zero-order chi connectivity index (χ0) is 20.1. The molecule has 0 aliphatic carbocycles. The molecule has 0 bridgehead atoms. The molecule has 1 amide bonds. The molecule has 8 heteroatoms. The molecule has 150 valence electrons. The lowest BCUT2D eigenvalue weighted by Crippen LogP contribution is -3.15. The molecule has 2 aromatic rings. The van der Waals surface area contributed by atoms with Gasteiger partial charge in [-0.2, -0.15) is 4.31 Å². The van der Waals surface area contributed by atoms with Crippen LogP contribution in [0.3, 0.4) is 0 Å². The van der Waals surface area contributed by atoms with Crippen LogP contribution < -0.4 is 10.2 Å². The second-order valence-corrected chi connectivity index (χ2v) is 9.26. The van der Waals surface area contributed by atoms with E-state index in [9.17, 15) is 13.2 Å². The maximum Gasteiger partial charge on any atom is 0.279 e. The number of nitrogens with one attached hydrogen (secondary N) is 2. The molecule has 0 unspecified atom stereocenters. The number of rotatable bonds is 6. The molecule has 0 aromatic heterocycles. The van der Waals surface area contributed by atoms with Gasteiger partial charge in [-0.1, -0.05) is 30.7 Å². The van der Waals surface area contributed by atoms with E-state index in [0.29, 0.717) is 37.7 Å². The SMILES string of the molecule is CCc1ccc(NC(=O)C[NH+]2CCN(S(=O)(=O)c3ccc(Cl)cc3)CC2)cc1. The number of hydrogen-bond donors (Lipinski definition) is 2. The van der Waals surface area contributed by atoms with E-state index in [4.69, 9.17) is 11.6 Å². The zero-order valence-corrected chi connectivity index (χ0v) is 17.4. The Morgan fingerprint density at radius 3 is 2.25 bits per heavy atom. The Kier molecular flexibility index (Phi) is 6.72. The average molecular weight is 423 g/mol. The molecular weight excluding hydrogens is 398 g/mol. The minimum atomic E-state index is -3.53. The number of nitrogens with zero attached hydrogens (tertiary/aromatic N) is 1. The van der Waals surface area contributed by atoms with E-state index in [1.165, 1.54) is 22.0 Å². The summed E-state index contributed by atoms with van der Waals surface area (Å²) in [6.07, 6.45) is 0.960. The van der Waals surface area contributed by atoms with Crippen LogP contribution in [0.15, 0.2) is 53.4 Å². The van der Waals surface area contributed by atoms with Gasteiger partial charge in [-0.3, -0.25) is 4.79 Å². The van der Waals surface area contributed by atoms with Crippen molar-refractivity contribution in [3.8, 4) is 0 Å². The molecule has 1 aliphatic heterocycles. The standard InChI is InChI=1S/C20H24ClN3O3S/c1-2-16-3-7-18(8-4-16)22-20(25)15-23-11-13-24(14-12-23)28(26,27)19-9-5-17(21)6-10-19/h3-10H,2,11-15H2,1H3,(H,22,25)/p+1. The Labute approximate surface area is 171 Å². The van der Waals surface area contributed by atoms with Crippen LogP contribution in [-0.2, 0) is 21.2 Å². The lowest BCUT2D eigenvalue weighted by Gasteiger charge is -2.31. The fraction of sp³-hybridized carbons (Fsp3) is 0.350. The Balaban J connectivity index is 1.51. The third-order valence-corrected chi connectivity index (χ3v) is 7.10. The summed E-state index contributed by atoms with van der Waals surface area (Å²) in [6, 6.07) is 14.0. The van der Waals surface area contributed by atoms with Gasteiger partial charge in [0.15, 0.2) is 6.54 Å². The van der Waals surface area contributed by atoms with Gasteiger partial charge in [0.25, 0.3) is 5.91 Å². The molecule has 0 radical (unpaired) electrons.